The summed E-state index contributed by atoms with van der Waals surface area (Å²) >= 11 is 0. The molecule has 2 aromatic carbocycles. The summed E-state index contributed by atoms with van der Waals surface area (Å²) in [6.45, 7) is 5.91. The Morgan fingerprint density at radius 2 is 1.81 bits per heavy atom. The normalized spacial score (nSPS) is 10.4. The Hall–Kier alpha value is -3.34. The number of benzene rings is 2. The van der Waals surface area contributed by atoms with Crippen molar-refractivity contribution in [3.05, 3.63) is 77.0 Å². The molecule has 1 amide bonds. The van der Waals surface area contributed by atoms with Gasteiger partial charge in [-0.25, -0.2) is 4.98 Å². The molecule has 1 heterocycles. The Balaban J connectivity index is 1.72. The molecule has 138 valence electrons. The summed E-state index contributed by atoms with van der Waals surface area (Å²) in [5.74, 6) is 1.49. The number of hydrogen-bond acceptors (Lipinski definition) is 4. The first-order valence-corrected chi connectivity index (χ1v) is 8.64. The number of amides is 1. The molecule has 0 aliphatic rings. The molecule has 0 aliphatic heterocycles. The highest BCUT2D eigenvalue weighted by Crippen LogP contribution is 2.31. The van der Waals surface area contributed by atoms with Crippen molar-refractivity contribution in [1.29, 1.82) is 0 Å². The molecule has 0 fully saturated rings. The maximum Gasteiger partial charge on any atom is 0.255 e. The van der Waals surface area contributed by atoms with E-state index in [1.807, 2.05) is 57.2 Å². The van der Waals surface area contributed by atoms with Gasteiger partial charge in [-0.1, -0.05) is 18.2 Å². The highest BCUT2D eigenvalue weighted by Gasteiger charge is 2.11. The van der Waals surface area contributed by atoms with Crippen LogP contribution in [0.15, 0.2) is 54.7 Å². The highest BCUT2D eigenvalue weighted by molar-refractivity contribution is 6.05. The van der Waals surface area contributed by atoms with Crippen molar-refractivity contribution >= 4 is 11.6 Å². The number of carbonyl (C=O) groups excluding carboxylic acids is 1. The Morgan fingerprint density at radius 1 is 1.00 bits per heavy atom. The number of aryl methyl sites for hydroxylation is 2. The maximum absolute atomic E-state index is 12.5. The first-order valence-electron chi connectivity index (χ1n) is 8.64. The Bertz CT molecular complexity index is 966. The second kappa shape index (κ2) is 7.91. The highest BCUT2D eigenvalue weighted by atomic mass is 16.5. The van der Waals surface area contributed by atoms with Gasteiger partial charge in [0.05, 0.1) is 19.0 Å². The van der Waals surface area contributed by atoms with Crippen LogP contribution in [0.1, 0.15) is 27.0 Å². The van der Waals surface area contributed by atoms with Gasteiger partial charge in [0.2, 0.25) is 5.88 Å². The monoisotopic (exact) mass is 362 g/mol. The second-order valence-electron chi connectivity index (χ2n) is 6.34. The number of ether oxygens (including phenoxy) is 2. The minimum Gasteiger partial charge on any atom is -0.493 e. The number of hydrogen-bond donors (Lipinski definition) is 1. The molecule has 0 saturated heterocycles. The van der Waals surface area contributed by atoms with Crippen molar-refractivity contribution in [3.8, 4) is 17.4 Å². The van der Waals surface area contributed by atoms with E-state index >= 15 is 0 Å². The SMILES string of the molecule is COc1cc(C)ccc1Oc1ccc(NC(=O)c2cccc(C)c2C)cn1. The summed E-state index contributed by atoms with van der Waals surface area (Å²) in [5.41, 5.74) is 4.38. The number of rotatable bonds is 5. The van der Waals surface area contributed by atoms with Crippen LogP contribution < -0.4 is 14.8 Å². The average molecular weight is 362 g/mol. The van der Waals surface area contributed by atoms with Crippen molar-refractivity contribution in [1.82, 2.24) is 4.98 Å². The number of aromatic nitrogens is 1. The lowest BCUT2D eigenvalue weighted by Crippen LogP contribution is -2.14. The van der Waals surface area contributed by atoms with E-state index in [1.54, 1.807) is 25.4 Å². The Morgan fingerprint density at radius 3 is 2.52 bits per heavy atom. The van der Waals surface area contributed by atoms with Crippen molar-refractivity contribution in [3.63, 3.8) is 0 Å². The summed E-state index contributed by atoms with van der Waals surface area (Å²) in [6, 6.07) is 14.8. The third-order valence-corrected chi connectivity index (χ3v) is 4.38. The van der Waals surface area contributed by atoms with Crippen molar-refractivity contribution in [2.75, 3.05) is 12.4 Å². The van der Waals surface area contributed by atoms with E-state index in [0.29, 0.717) is 28.6 Å². The molecule has 0 atom stereocenters. The van der Waals surface area contributed by atoms with E-state index < -0.39 is 0 Å². The summed E-state index contributed by atoms with van der Waals surface area (Å²) < 4.78 is 11.1. The van der Waals surface area contributed by atoms with Gasteiger partial charge >= 0.3 is 0 Å². The van der Waals surface area contributed by atoms with Crippen LogP contribution in [0, 0.1) is 20.8 Å². The van der Waals surface area contributed by atoms with Gasteiger partial charge in [-0.15, -0.1) is 0 Å². The predicted octanol–water partition coefficient (Wildman–Crippen LogP) is 5.06. The van der Waals surface area contributed by atoms with Gasteiger partial charge in [0.25, 0.3) is 5.91 Å². The number of methoxy groups -OCH3 is 1. The van der Waals surface area contributed by atoms with Crippen LogP contribution >= 0.6 is 0 Å². The molecule has 0 bridgehead atoms. The Labute approximate surface area is 159 Å². The number of nitrogens with zero attached hydrogens (tertiary/aromatic N) is 1. The third kappa shape index (κ3) is 4.26. The summed E-state index contributed by atoms with van der Waals surface area (Å²) in [7, 11) is 1.60. The molecule has 0 unspecified atom stereocenters. The van der Waals surface area contributed by atoms with Crippen LogP contribution in [0.3, 0.4) is 0 Å². The van der Waals surface area contributed by atoms with Crippen LogP contribution in [0.4, 0.5) is 5.69 Å². The lowest BCUT2D eigenvalue weighted by atomic mass is 10.0. The minimum absolute atomic E-state index is 0.160. The third-order valence-electron chi connectivity index (χ3n) is 4.38. The molecule has 3 aromatic rings. The molecule has 5 heteroatoms. The number of nitrogens with one attached hydrogen (secondary N) is 1. The lowest BCUT2D eigenvalue weighted by molar-refractivity contribution is 0.102. The lowest BCUT2D eigenvalue weighted by Gasteiger charge is -2.11. The first-order chi connectivity index (χ1) is 13.0. The van der Waals surface area contributed by atoms with Crippen molar-refractivity contribution in [2.24, 2.45) is 0 Å². The molecule has 0 aliphatic carbocycles. The minimum atomic E-state index is -0.160. The maximum atomic E-state index is 12.5. The van der Waals surface area contributed by atoms with Crippen LogP contribution in [0.5, 0.6) is 17.4 Å². The zero-order chi connectivity index (χ0) is 19.4. The number of pyridine rings is 1. The van der Waals surface area contributed by atoms with Crippen LogP contribution in [-0.2, 0) is 0 Å². The molecular weight excluding hydrogens is 340 g/mol. The summed E-state index contributed by atoms with van der Waals surface area (Å²) in [6.07, 6.45) is 1.57. The summed E-state index contributed by atoms with van der Waals surface area (Å²) in [5, 5.41) is 2.87. The molecule has 1 N–H and O–H groups in total. The molecule has 3 rings (SSSR count). The fraction of sp³-hybridized carbons (Fsp3) is 0.182. The molecule has 1 aromatic heterocycles. The van der Waals surface area contributed by atoms with Gasteiger partial charge in [0.1, 0.15) is 0 Å². The fourth-order valence-electron chi connectivity index (χ4n) is 2.68. The zero-order valence-corrected chi connectivity index (χ0v) is 15.9. The first kappa shape index (κ1) is 18.5. The number of anilines is 1. The van der Waals surface area contributed by atoms with Crippen molar-refractivity contribution in [2.45, 2.75) is 20.8 Å². The van der Waals surface area contributed by atoms with E-state index in [0.717, 1.165) is 16.7 Å². The molecule has 0 saturated carbocycles. The molecule has 0 spiro atoms. The summed E-state index contributed by atoms with van der Waals surface area (Å²) in [4.78, 5) is 16.8. The smallest absolute Gasteiger partial charge is 0.255 e. The Kier molecular flexibility index (Phi) is 5.41. The van der Waals surface area contributed by atoms with Gasteiger partial charge in [-0.05, 0) is 61.7 Å². The van der Waals surface area contributed by atoms with E-state index in [4.69, 9.17) is 9.47 Å². The van der Waals surface area contributed by atoms with E-state index in [2.05, 4.69) is 10.3 Å². The molecule has 0 radical (unpaired) electrons. The van der Waals surface area contributed by atoms with Crippen molar-refractivity contribution < 1.29 is 14.3 Å². The molecular formula is C22H22N2O3. The standard InChI is InChI=1S/C22H22N2O3/c1-14-8-10-19(20(12-14)26-4)27-21-11-9-17(13-23-21)24-22(25)18-7-5-6-15(2)16(18)3/h5-13H,1-4H3,(H,24,25). The topological polar surface area (TPSA) is 60.5 Å². The quantitative estimate of drug-likeness (QED) is 0.689. The average Bonchev–Trinajstić information content (AvgIpc) is 2.66. The van der Waals surface area contributed by atoms with E-state index in [9.17, 15) is 4.79 Å². The van der Waals surface area contributed by atoms with Gasteiger partial charge in [-0.3, -0.25) is 4.79 Å². The van der Waals surface area contributed by atoms with E-state index in [-0.39, 0.29) is 5.91 Å². The van der Waals surface area contributed by atoms with Gasteiger partial charge < -0.3 is 14.8 Å². The molecule has 27 heavy (non-hydrogen) atoms. The predicted molar refractivity (Wildman–Crippen MR) is 106 cm³/mol. The van der Waals surface area contributed by atoms with E-state index in [1.165, 1.54) is 0 Å². The zero-order valence-electron chi connectivity index (χ0n) is 15.9. The van der Waals surface area contributed by atoms with Gasteiger partial charge in [0.15, 0.2) is 11.5 Å². The van der Waals surface area contributed by atoms with Crippen LogP contribution in [0.25, 0.3) is 0 Å². The second-order valence-corrected chi connectivity index (χ2v) is 6.34. The number of carbonyl (C=O) groups is 1. The van der Waals surface area contributed by atoms with Gasteiger partial charge in [-0.2, -0.15) is 0 Å². The van der Waals surface area contributed by atoms with Crippen LogP contribution in [0.2, 0.25) is 0 Å². The largest absolute Gasteiger partial charge is 0.493 e. The molecule has 5 nitrogen and oxygen atoms in total. The van der Waals surface area contributed by atoms with Crippen LogP contribution in [-0.4, -0.2) is 18.0 Å². The van der Waals surface area contributed by atoms with Gasteiger partial charge in [0, 0.05) is 11.6 Å². The fourth-order valence-corrected chi connectivity index (χ4v) is 2.68.